The van der Waals surface area contributed by atoms with Gasteiger partial charge in [-0.15, -0.1) is 0 Å². The lowest BCUT2D eigenvalue weighted by Crippen LogP contribution is -2.39. The fourth-order valence-corrected chi connectivity index (χ4v) is 2.00. The highest BCUT2D eigenvalue weighted by Gasteiger charge is 2.19. The van der Waals surface area contributed by atoms with Crippen LogP contribution in [-0.4, -0.2) is 61.2 Å². The maximum atomic E-state index is 8.69. The molecule has 0 aromatic heterocycles. The Morgan fingerprint density at radius 2 is 1.82 bits per heavy atom. The fourth-order valence-electron chi connectivity index (χ4n) is 2.00. The molecular formula is C13H27NO3. The SMILES string of the molecule is CC(C)(C)OCCN1CCC(OCCO)CC1. The summed E-state index contributed by atoms with van der Waals surface area (Å²) in [6.07, 6.45) is 2.47. The number of rotatable bonds is 6. The number of nitrogens with zero attached hydrogens (tertiary/aromatic N) is 1. The summed E-state index contributed by atoms with van der Waals surface area (Å²) >= 11 is 0. The van der Waals surface area contributed by atoms with Crippen LogP contribution in [0.3, 0.4) is 0 Å². The van der Waals surface area contributed by atoms with Gasteiger partial charge in [-0.05, 0) is 33.6 Å². The van der Waals surface area contributed by atoms with Gasteiger partial charge in [-0.25, -0.2) is 0 Å². The minimum atomic E-state index is -0.0391. The molecule has 0 aromatic rings. The summed E-state index contributed by atoms with van der Waals surface area (Å²) in [7, 11) is 0. The highest BCUT2D eigenvalue weighted by atomic mass is 16.5. The number of aliphatic hydroxyl groups excluding tert-OH is 1. The molecule has 0 aromatic carbocycles. The standard InChI is InChI=1S/C13H27NO3/c1-13(2,3)17-10-8-14-6-4-12(5-7-14)16-11-9-15/h12,15H,4-11H2,1-3H3. The average Bonchev–Trinajstić information content (AvgIpc) is 2.26. The number of hydrogen-bond acceptors (Lipinski definition) is 4. The van der Waals surface area contributed by atoms with Gasteiger partial charge in [0.05, 0.1) is 31.5 Å². The lowest BCUT2D eigenvalue weighted by atomic mass is 10.1. The first kappa shape index (κ1) is 14.9. The molecule has 1 aliphatic rings. The van der Waals surface area contributed by atoms with Gasteiger partial charge in [-0.1, -0.05) is 0 Å². The summed E-state index contributed by atoms with van der Waals surface area (Å²) in [5.41, 5.74) is -0.0391. The van der Waals surface area contributed by atoms with Crippen LogP contribution < -0.4 is 0 Å². The molecule has 1 N–H and O–H groups in total. The molecule has 0 atom stereocenters. The fraction of sp³-hybridized carbons (Fsp3) is 1.00. The minimum Gasteiger partial charge on any atom is -0.394 e. The summed E-state index contributed by atoms with van der Waals surface area (Å²) < 4.78 is 11.2. The van der Waals surface area contributed by atoms with Gasteiger partial charge >= 0.3 is 0 Å². The summed E-state index contributed by atoms with van der Waals surface area (Å²) in [6, 6.07) is 0. The van der Waals surface area contributed by atoms with E-state index in [0.717, 1.165) is 39.1 Å². The molecule has 0 saturated carbocycles. The third kappa shape index (κ3) is 6.99. The molecule has 4 nitrogen and oxygen atoms in total. The van der Waals surface area contributed by atoms with Crippen molar-refractivity contribution in [2.75, 3.05) is 39.5 Å². The Kier molecular flexibility index (Phi) is 6.41. The van der Waals surface area contributed by atoms with Crippen LogP contribution >= 0.6 is 0 Å². The van der Waals surface area contributed by atoms with E-state index in [9.17, 15) is 0 Å². The van der Waals surface area contributed by atoms with Crippen LogP contribution in [0.2, 0.25) is 0 Å². The molecule has 0 amide bonds. The van der Waals surface area contributed by atoms with Gasteiger partial charge in [0.2, 0.25) is 0 Å². The highest BCUT2D eigenvalue weighted by Crippen LogP contribution is 2.14. The van der Waals surface area contributed by atoms with Gasteiger partial charge in [0, 0.05) is 19.6 Å². The van der Waals surface area contributed by atoms with E-state index in [0.29, 0.717) is 12.7 Å². The molecule has 4 heteroatoms. The predicted octanol–water partition coefficient (Wildman–Crippen LogP) is 1.27. The number of likely N-dealkylation sites (tertiary alicyclic amines) is 1. The van der Waals surface area contributed by atoms with Crippen LogP contribution in [0.5, 0.6) is 0 Å². The zero-order chi connectivity index (χ0) is 12.7. The molecule has 1 fully saturated rings. The summed E-state index contributed by atoms with van der Waals surface area (Å²) in [5.74, 6) is 0. The van der Waals surface area contributed by atoms with Gasteiger partial charge in [-0.3, -0.25) is 0 Å². The molecule has 0 aliphatic carbocycles. The quantitative estimate of drug-likeness (QED) is 0.765. The molecule has 0 spiro atoms. The molecule has 102 valence electrons. The number of ether oxygens (including phenoxy) is 2. The van der Waals surface area contributed by atoms with E-state index >= 15 is 0 Å². The van der Waals surface area contributed by atoms with Crippen molar-refractivity contribution in [2.45, 2.75) is 45.3 Å². The van der Waals surface area contributed by atoms with Crippen LogP contribution in [0.15, 0.2) is 0 Å². The second kappa shape index (κ2) is 7.31. The van der Waals surface area contributed by atoms with E-state index in [-0.39, 0.29) is 12.2 Å². The van der Waals surface area contributed by atoms with Crippen molar-refractivity contribution in [3.8, 4) is 0 Å². The first-order valence-electron chi connectivity index (χ1n) is 6.60. The Hall–Kier alpha value is -0.160. The average molecular weight is 245 g/mol. The third-order valence-corrected chi connectivity index (χ3v) is 2.92. The van der Waals surface area contributed by atoms with Crippen molar-refractivity contribution in [1.29, 1.82) is 0 Å². The Morgan fingerprint density at radius 1 is 1.18 bits per heavy atom. The van der Waals surface area contributed by atoms with Gasteiger partial charge in [0.15, 0.2) is 0 Å². The summed E-state index contributed by atoms with van der Waals surface area (Å²) in [5, 5.41) is 8.69. The Morgan fingerprint density at radius 3 is 2.35 bits per heavy atom. The zero-order valence-electron chi connectivity index (χ0n) is 11.4. The van der Waals surface area contributed by atoms with Crippen molar-refractivity contribution >= 4 is 0 Å². The van der Waals surface area contributed by atoms with Gasteiger partial charge in [-0.2, -0.15) is 0 Å². The maximum absolute atomic E-state index is 8.69. The van der Waals surface area contributed by atoms with E-state index < -0.39 is 0 Å². The second-order valence-electron chi connectivity index (χ2n) is 5.60. The Bertz CT molecular complexity index is 195. The molecule has 0 bridgehead atoms. The second-order valence-corrected chi connectivity index (χ2v) is 5.60. The number of aliphatic hydroxyl groups is 1. The largest absolute Gasteiger partial charge is 0.394 e. The van der Waals surface area contributed by atoms with Crippen LogP contribution in [0.25, 0.3) is 0 Å². The topological polar surface area (TPSA) is 41.9 Å². The van der Waals surface area contributed by atoms with Crippen molar-refractivity contribution in [2.24, 2.45) is 0 Å². The molecule has 0 radical (unpaired) electrons. The zero-order valence-corrected chi connectivity index (χ0v) is 11.4. The van der Waals surface area contributed by atoms with Gasteiger partial charge < -0.3 is 19.5 Å². The first-order valence-corrected chi connectivity index (χ1v) is 6.60. The molecule has 1 heterocycles. The first-order chi connectivity index (χ1) is 8.01. The van der Waals surface area contributed by atoms with E-state index in [1.165, 1.54) is 0 Å². The lowest BCUT2D eigenvalue weighted by molar-refractivity contribution is -0.0327. The molecular weight excluding hydrogens is 218 g/mol. The maximum Gasteiger partial charge on any atom is 0.0701 e. The minimum absolute atomic E-state index is 0.0391. The Balaban J connectivity index is 2.07. The number of hydrogen-bond donors (Lipinski definition) is 1. The molecule has 1 rings (SSSR count). The molecule has 17 heavy (non-hydrogen) atoms. The monoisotopic (exact) mass is 245 g/mol. The molecule has 1 aliphatic heterocycles. The van der Waals surface area contributed by atoms with Crippen LogP contribution in [0.1, 0.15) is 33.6 Å². The van der Waals surface area contributed by atoms with Crippen molar-refractivity contribution in [3.05, 3.63) is 0 Å². The summed E-state index contributed by atoms with van der Waals surface area (Å²) in [6.45, 7) is 10.8. The summed E-state index contributed by atoms with van der Waals surface area (Å²) in [4.78, 5) is 2.42. The Labute approximate surface area is 105 Å². The van der Waals surface area contributed by atoms with Gasteiger partial charge in [0.25, 0.3) is 0 Å². The van der Waals surface area contributed by atoms with Crippen molar-refractivity contribution < 1.29 is 14.6 Å². The third-order valence-electron chi connectivity index (χ3n) is 2.92. The number of piperidine rings is 1. The predicted molar refractivity (Wildman–Crippen MR) is 68.2 cm³/mol. The van der Waals surface area contributed by atoms with Gasteiger partial charge in [0.1, 0.15) is 0 Å². The van der Waals surface area contributed by atoms with E-state index in [2.05, 4.69) is 25.7 Å². The van der Waals surface area contributed by atoms with E-state index in [1.807, 2.05) is 0 Å². The lowest BCUT2D eigenvalue weighted by Gasteiger charge is -2.32. The van der Waals surface area contributed by atoms with Crippen LogP contribution in [0.4, 0.5) is 0 Å². The van der Waals surface area contributed by atoms with Crippen molar-refractivity contribution in [1.82, 2.24) is 4.90 Å². The highest BCUT2D eigenvalue weighted by molar-refractivity contribution is 4.72. The van der Waals surface area contributed by atoms with Crippen LogP contribution in [0, 0.1) is 0 Å². The smallest absolute Gasteiger partial charge is 0.0701 e. The normalized spacial score (nSPS) is 19.8. The van der Waals surface area contributed by atoms with E-state index in [4.69, 9.17) is 14.6 Å². The van der Waals surface area contributed by atoms with Crippen molar-refractivity contribution in [3.63, 3.8) is 0 Å². The van der Waals surface area contributed by atoms with Crippen LogP contribution in [-0.2, 0) is 9.47 Å². The molecule has 0 unspecified atom stereocenters. The molecule has 1 saturated heterocycles. The van der Waals surface area contributed by atoms with E-state index in [1.54, 1.807) is 0 Å².